The van der Waals surface area contributed by atoms with E-state index >= 15 is 0 Å². The number of benzene rings is 2. The number of rotatable bonds is 8. The Balaban J connectivity index is 1.37. The molecular formula is C28H34N2O5. The van der Waals surface area contributed by atoms with Crippen LogP contribution in [0.5, 0.6) is 0 Å². The van der Waals surface area contributed by atoms with Crippen LogP contribution in [0, 0.1) is 11.3 Å². The number of amides is 2. The van der Waals surface area contributed by atoms with E-state index in [2.05, 4.69) is 34.9 Å². The maximum absolute atomic E-state index is 12.9. The van der Waals surface area contributed by atoms with Crippen molar-refractivity contribution in [1.29, 1.82) is 0 Å². The van der Waals surface area contributed by atoms with Crippen LogP contribution in [0.1, 0.15) is 63.0 Å². The van der Waals surface area contributed by atoms with E-state index in [1.165, 1.54) is 0 Å². The van der Waals surface area contributed by atoms with Crippen LogP contribution in [0.4, 0.5) is 4.79 Å². The third-order valence-corrected chi connectivity index (χ3v) is 7.43. The summed E-state index contributed by atoms with van der Waals surface area (Å²) in [5.74, 6) is -1.52. The molecule has 0 aromatic heterocycles. The van der Waals surface area contributed by atoms with Crippen molar-refractivity contribution >= 4 is 18.0 Å². The van der Waals surface area contributed by atoms with Crippen molar-refractivity contribution in [3.63, 3.8) is 0 Å². The van der Waals surface area contributed by atoms with Crippen LogP contribution in [0.25, 0.3) is 11.1 Å². The van der Waals surface area contributed by atoms with E-state index in [9.17, 15) is 19.5 Å². The number of carboxylic acid groups (broad SMARTS) is 1. The van der Waals surface area contributed by atoms with Crippen LogP contribution in [-0.2, 0) is 14.3 Å². The van der Waals surface area contributed by atoms with Gasteiger partial charge in [0.15, 0.2) is 0 Å². The summed E-state index contributed by atoms with van der Waals surface area (Å²) in [6.07, 6.45) is 3.14. The van der Waals surface area contributed by atoms with E-state index in [1.807, 2.05) is 38.1 Å². The van der Waals surface area contributed by atoms with Crippen LogP contribution in [0.15, 0.2) is 48.5 Å². The normalized spacial score (nSPS) is 17.2. The molecule has 4 rings (SSSR count). The number of fused-ring (bicyclic) bond motifs is 3. The molecule has 3 N–H and O–H groups in total. The van der Waals surface area contributed by atoms with Crippen LogP contribution in [0.3, 0.4) is 0 Å². The lowest BCUT2D eigenvalue weighted by Gasteiger charge is -2.34. The highest BCUT2D eigenvalue weighted by Crippen LogP contribution is 2.44. The number of hydrogen-bond donors (Lipinski definition) is 3. The van der Waals surface area contributed by atoms with Gasteiger partial charge in [0.25, 0.3) is 0 Å². The summed E-state index contributed by atoms with van der Waals surface area (Å²) in [5.41, 5.74) is 3.59. The van der Waals surface area contributed by atoms with E-state index in [0.717, 1.165) is 41.5 Å². The summed E-state index contributed by atoms with van der Waals surface area (Å²) in [6, 6.07) is 15.4. The smallest absolute Gasteiger partial charge is 0.407 e. The number of nitrogens with one attached hydrogen (secondary N) is 2. The molecule has 7 heteroatoms. The van der Waals surface area contributed by atoms with Crippen molar-refractivity contribution in [1.82, 2.24) is 10.6 Å². The van der Waals surface area contributed by atoms with E-state index < -0.39 is 23.5 Å². The molecule has 1 atom stereocenters. The zero-order valence-corrected chi connectivity index (χ0v) is 20.4. The molecule has 1 saturated carbocycles. The SMILES string of the molecule is CC(C)C(NC(=O)OCC1c2ccccc2-c2ccccc21)C(=O)NCC1(C(=O)O)CCCCC1. The van der Waals surface area contributed by atoms with Gasteiger partial charge in [0.1, 0.15) is 12.6 Å². The van der Waals surface area contributed by atoms with Crippen molar-refractivity contribution in [2.24, 2.45) is 11.3 Å². The first-order valence-corrected chi connectivity index (χ1v) is 12.4. The van der Waals surface area contributed by atoms with Crippen molar-refractivity contribution in [3.05, 3.63) is 59.7 Å². The molecule has 2 aromatic rings. The fourth-order valence-electron chi connectivity index (χ4n) is 5.36. The summed E-state index contributed by atoms with van der Waals surface area (Å²) in [4.78, 5) is 37.6. The third-order valence-electron chi connectivity index (χ3n) is 7.43. The molecule has 0 bridgehead atoms. The Morgan fingerprint density at radius 3 is 2.09 bits per heavy atom. The third kappa shape index (κ3) is 5.19. The Kier molecular flexibility index (Phi) is 7.43. The molecule has 0 saturated heterocycles. The fourth-order valence-corrected chi connectivity index (χ4v) is 5.36. The van der Waals surface area contributed by atoms with E-state index in [0.29, 0.717) is 12.8 Å². The van der Waals surface area contributed by atoms with Gasteiger partial charge in [0, 0.05) is 12.5 Å². The van der Waals surface area contributed by atoms with Gasteiger partial charge in [-0.2, -0.15) is 0 Å². The van der Waals surface area contributed by atoms with Crippen molar-refractivity contribution in [2.45, 2.75) is 57.9 Å². The van der Waals surface area contributed by atoms with Gasteiger partial charge in [-0.3, -0.25) is 9.59 Å². The van der Waals surface area contributed by atoms with E-state index in [1.54, 1.807) is 0 Å². The molecule has 1 fully saturated rings. The largest absolute Gasteiger partial charge is 0.481 e. The predicted octanol–water partition coefficient (Wildman–Crippen LogP) is 4.70. The van der Waals surface area contributed by atoms with Gasteiger partial charge in [0.05, 0.1) is 5.41 Å². The topological polar surface area (TPSA) is 105 Å². The molecular weight excluding hydrogens is 444 g/mol. The molecule has 0 spiro atoms. The molecule has 7 nitrogen and oxygen atoms in total. The highest BCUT2D eigenvalue weighted by molar-refractivity contribution is 5.86. The minimum Gasteiger partial charge on any atom is -0.481 e. The Morgan fingerprint density at radius 1 is 0.971 bits per heavy atom. The van der Waals surface area contributed by atoms with Crippen molar-refractivity contribution < 1.29 is 24.2 Å². The van der Waals surface area contributed by atoms with Crippen LogP contribution in [-0.4, -0.2) is 42.3 Å². The van der Waals surface area contributed by atoms with E-state index in [-0.39, 0.29) is 30.9 Å². The first-order valence-electron chi connectivity index (χ1n) is 12.4. The molecule has 2 aliphatic rings. The summed E-state index contributed by atoms with van der Waals surface area (Å²) in [6.45, 7) is 3.90. The molecule has 2 amide bonds. The monoisotopic (exact) mass is 478 g/mol. The number of ether oxygens (including phenoxy) is 1. The first kappa shape index (κ1) is 24.8. The zero-order chi connectivity index (χ0) is 25.0. The van der Waals surface area contributed by atoms with Gasteiger partial charge in [-0.05, 0) is 41.0 Å². The van der Waals surface area contributed by atoms with Gasteiger partial charge in [-0.15, -0.1) is 0 Å². The second kappa shape index (κ2) is 10.5. The number of carbonyl (C=O) groups excluding carboxylic acids is 2. The van der Waals surface area contributed by atoms with Crippen molar-refractivity contribution in [3.8, 4) is 11.1 Å². The predicted molar refractivity (Wildman–Crippen MR) is 133 cm³/mol. The van der Waals surface area contributed by atoms with Crippen LogP contribution < -0.4 is 10.6 Å². The Hall–Kier alpha value is -3.35. The van der Waals surface area contributed by atoms with Crippen molar-refractivity contribution in [2.75, 3.05) is 13.2 Å². The highest BCUT2D eigenvalue weighted by Gasteiger charge is 2.40. The summed E-state index contributed by atoms with van der Waals surface area (Å²) in [5, 5.41) is 15.3. The second-order valence-corrected chi connectivity index (χ2v) is 10.1. The molecule has 0 aliphatic heterocycles. The second-order valence-electron chi connectivity index (χ2n) is 10.1. The average molecular weight is 479 g/mol. The molecule has 0 heterocycles. The van der Waals surface area contributed by atoms with Crippen LogP contribution >= 0.6 is 0 Å². The van der Waals surface area contributed by atoms with Gasteiger partial charge in [-0.25, -0.2) is 4.79 Å². The standard InChI is InChI=1S/C28H34N2O5/c1-18(2)24(25(31)29-17-28(26(32)33)14-8-3-9-15-28)30-27(34)35-16-23-21-12-6-4-10-19(21)20-11-5-7-13-22(20)23/h4-7,10-13,18,23-24H,3,8-9,14-17H2,1-2H3,(H,29,31)(H,30,34)(H,32,33). The minimum absolute atomic E-state index is 0.0662. The highest BCUT2D eigenvalue weighted by atomic mass is 16.5. The molecule has 35 heavy (non-hydrogen) atoms. The lowest BCUT2D eigenvalue weighted by Crippen LogP contribution is -2.53. The maximum atomic E-state index is 12.9. The zero-order valence-electron chi connectivity index (χ0n) is 20.4. The van der Waals surface area contributed by atoms with E-state index in [4.69, 9.17) is 4.74 Å². The summed E-state index contributed by atoms with van der Waals surface area (Å²) < 4.78 is 5.60. The number of hydrogen-bond acceptors (Lipinski definition) is 4. The fraction of sp³-hybridized carbons (Fsp3) is 0.464. The van der Waals surface area contributed by atoms with Gasteiger partial charge in [0.2, 0.25) is 5.91 Å². The van der Waals surface area contributed by atoms with Gasteiger partial charge < -0.3 is 20.5 Å². The maximum Gasteiger partial charge on any atom is 0.407 e. The molecule has 0 radical (unpaired) electrons. The minimum atomic E-state index is -0.931. The average Bonchev–Trinajstić information content (AvgIpc) is 3.18. The lowest BCUT2D eigenvalue weighted by molar-refractivity contribution is -0.151. The quantitative estimate of drug-likeness (QED) is 0.510. The van der Waals surface area contributed by atoms with Gasteiger partial charge in [-0.1, -0.05) is 81.6 Å². The number of aliphatic carboxylic acids is 1. The van der Waals surface area contributed by atoms with Crippen LogP contribution in [0.2, 0.25) is 0 Å². The Labute approximate surface area is 206 Å². The number of alkyl carbamates (subject to hydrolysis) is 1. The number of carbonyl (C=O) groups is 3. The Morgan fingerprint density at radius 2 is 1.54 bits per heavy atom. The molecule has 2 aromatic carbocycles. The summed E-state index contributed by atoms with van der Waals surface area (Å²) >= 11 is 0. The Bertz CT molecular complexity index is 1040. The summed E-state index contributed by atoms with van der Waals surface area (Å²) in [7, 11) is 0. The molecule has 186 valence electrons. The lowest BCUT2D eigenvalue weighted by atomic mass is 9.74. The number of carboxylic acids is 1. The molecule has 2 aliphatic carbocycles. The molecule has 1 unspecified atom stereocenters. The first-order chi connectivity index (χ1) is 16.8. The van der Waals surface area contributed by atoms with Gasteiger partial charge >= 0.3 is 12.1 Å².